The van der Waals surface area contributed by atoms with Crippen molar-refractivity contribution in [3.05, 3.63) is 22.2 Å². The lowest BCUT2D eigenvalue weighted by molar-refractivity contribution is 0.348. The summed E-state index contributed by atoms with van der Waals surface area (Å²) in [5.41, 5.74) is 2.56. The van der Waals surface area contributed by atoms with Gasteiger partial charge in [0.2, 0.25) is 0 Å². The second-order valence-electron chi connectivity index (χ2n) is 5.61. The van der Waals surface area contributed by atoms with Crippen LogP contribution in [-0.2, 0) is 0 Å². The van der Waals surface area contributed by atoms with Crippen LogP contribution in [0.5, 0.6) is 11.5 Å². The standard InChI is InChI=1S/C16H24ClNO2/c1-10(2)14-12(11-5-7-18-8-6-11)9-13(17)15(19-3)16(14)20-4/h9-11,18H,5-8H2,1-4H3. The van der Waals surface area contributed by atoms with Gasteiger partial charge in [-0.1, -0.05) is 25.4 Å². The fraction of sp³-hybridized carbons (Fsp3) is 0.625. The van der Waals surface area contributed by atoms with Crippen molar-refractivity contribution < 1.29 is 9.47 Å². The second-order valence-corrected chi connectivity index (χ2v) is 6.01. The first-order chi connectivity index (χ1) is 9.60. The van der Waals surface area contributed by atoms with Gasteiger partial charge >= 0.3 is 0 Å². The molecule has 2 rings (SSSR count). The molecule has 112 valence electrons. The van der Waals surface area contributed by atoms with E-state index in [1.165, 1.54) is 11.1 Å². The van der Waals surface area contributed by atoms with Crippen LogP contribution in [0.1, 0.15) is 49.7 Å². The number of hydrogen-bond acceptors (Lipinski definition) is 3. The first-order valence-electron chi connectivity index (χ1n) is 7.25. The van der Waals surface area contributed by atoms with E-state index in [-0.39, 0.29) is 0 Å². The third-order valence-corrected chi connectivity index (χ3v) is 4.31. The number of methoxy groups -OCH3 is 2. The van der Waals surface area contributed by atoms with Crippen LogP contribution in [-0.4, -0.2) is 27.3 Å². The summed E-state index contributed by atoms with van der Waals surface area (Å²) in [6, 6.07) is 2.08. The molecule has 1 fully saturated rings. The molecule has 0 atom stereocenters. The van der Waals surface area contributed by atoms with Gasteiger partial charge in [-0.15, -0.1) is 0 Å². The van der Waals surface area contributed by atoms with E-state index in [1.807, 2.05) is 0 Å². The Bertz CT molecular complexity index is 468. The van der Waals surface area contributed by atoms with Crippen molar-refractivity contribution in [1.82, 2.24) is 5.32 Å². The molecule has 0 unspecified atom stereocenters. The van der Waals surface area contributed by atoms with Crippen LogP contribution in [0.15, 0.2) is 6.07 Å². The predicted molar refractivity (Wildman–Crippen MR) is 83.5 cm³/mol. The average molecular weight is 298 g/mol. The molecule has 0 amide bonds. The van der Waals surface area contributed by atoms with E-state index in [0.717, 1.165) is 31.7 Å². The number of benzene rings is 1. The molecule has 1 heterocycles. The Balaban J connectivity index is 2.57. The molecular formula is C16H24ClNO2. The molecule has 0 aliphatic carbocycles. The fourth-order valence-corrected chi connectivity index (χ4v) is 3.38. The summed E-state index contributed by atoms with van der Waals surface area (Å²) in [7, 11) is 3.32. The number of piperidine rings is 1. The van der Waals surface area contributed by atoms with Gasteiger partial charge in [0.1, 0.15) is 0 Å². The zero-order valence-electron chi connectivity index (χ0n) is 12.8. The second kappa shape index (κ2) is 6.68. The molecule has 1 aliphatic rings. The number of hydrogen-bond donors (Lipinski definition) is 1. The van der Waals surface area contributed by atoms with Crippen LogP contribution in [0.2, 0.25) is 5.02 Å². The lowest BCUT2D eigenvalue weighted by Crippen LogP contribution is -2.27. The zero-order chi connectivity index (χ0) is 14.7. The van der Waals surface area contributed by atoms with Gasteiger partial charge in [-0.2, -0.15) is 0 Å². The van der Waals surface area contributed by atoms with Gasteiger partial charge in [0.15, 0.2) is 11.5 Å². The highest BCUT2D eigenvalue weighted by Crippen LogP contribution is 2.46. The first-order valence-corrected chi connectivity index (χ1v) is 7.62. The summed E-state index contributed by atoms with van der Waals surface area (Å²) in [5, 5.41) is 4.05. The molecule has 3 nitrogen and oxygen atoms in total. The van der Waals surface area contributed by atoms with Crippen molar-refractivity contribution in [1.29, 1.82) is 0 Å². The summed E-state index contributed by atoms with van der Waals surface area (Å²) in [6.07, 6.45) is 2.29. The van der Waals surface area contributed by atoms with Gasteiger partial charge in [-0.25, -0.2) is 0 Å². The van der Waals surface area contributed by atoms with Gasteiger partial charge in [-0.05, 0) is 49.4 Å². The van der Waals surface area contributed by atoms with Crippen LogP contribution in [0.3, 0.4) is 0 Å². The van der Waals surface area contributed by atoms with Crippen molar-refractivity contribution in [2.45, 2.75) is 38.5 Å². The molecule has 1 saturated heterocycles. The average Bonchev–Trinajstić information content (AvgIpc) is 2.46. The number of ether oxygens (including phenoxy) is 2. The van der Waals surface area contributed by atoms with E-state index < -0.39 is 0 Å². The van der Waals surface area contributed by atoms with E-state index in [1.54, 1.807) is 14.2 Å². The molecule has 0 spiro atoms. The van der Waals surface area contributed by atoms with Crippen LogP contribution in [0.25, 0.3) is 0 Å². The Kier molecular flexibility index (Phi) is 5.17. The molecule has 0 saturated carbocycles. The fourth-order valence-electron chi connectivity index (χ4n) is 3.10. The van der Waals surface area contributed by atoms with Gasteiger partial charge < -0.3 is 14.8 Å². The third-order valence-electron chi connectivity index (χ3n) is 4.03. The maximum atomic E-state index is 6.39. The lowest BCUT2D eigenvalue weighted by atomic mass is 9.83. The summed E-state index contributed by atoms with van der Waals surface area (Å²) < 4.78 is 11.0. The number of nitrogens with one attached hydrogen (secondary N) is 1. The molecule has 1 N–H and O–H groups in total. The van der Waals surface area contributed by atoms with E-state index in [9.17, 15) is 0 Å². The minimum absolute atomic E-state index is 0.376. The van der Waals surface area contributed by atoms with Crippen molar-refractivity contribution >= 4 is 11.6 Å². The normalized spacial score (nSPS) is 16.5. The Hall–Kier alpha value is -0.930. The van der Waals surface area contributed by atoms with Crippen LogP contribution >= 0.6 is 11.6 Å². The Morgan fingerprint density at radius 2 is 1.75 bits per heavy atom. The van der Waals surface area contributed by atoms with E-state index in [2.05, 4.69) is 25.2 Å². The maximum Gasteiger partial charge on any atom is 0.179 e. The third kappa shape index (κ3) is 2.89. The molecule has 1 aromatic rings. The zero-order valence-corrected chi connectivity index (χ0v) is 13.5. The summed E-state index contributed by atoms with van der Waals surface area (Å²) in [6.45, 7) is 6.51. The van der Waals surface area contributed by atoms with E-state index >= 15 is 0 Å². The lowest BCUT2D eigenvalue weighted by Gasteiger charge is -2.28. The minimum atomic E-state index is 0.376. The van der Waals surface area contributed by atoms with Gasteiger partial charge in [-0.3, -0.25) is 0 Å². The van der Waals surface area contributed by atoms with Crippen LogP contribution < -0.4 is 14.8 Å². The Morgan fingerprint density at radius 3 is 2.25 bits per heavy atom. The largest absolute Gasteiger partial charge is 0.492 e. The quantitative estimate of drug-likeness (QED) is 0.913. The van der Waals surface area contributed by atoms with Crippen LogP contribution in [0.4, 0.5) is 0 Å². The molecule has 0 bridgehead atoms. The molecule has 1 aromatic carbocycles. The van der Waals surface area contributed by atoms with E-state index in [0.29, 0.717) is 22.6 Å². The Morgan fingerprint density at radius 1 is 1.15 bits per heavy atom. The minimum Gasteiger partial charge on any atom is -0.492 e. The highest BCUT2D eigenvalue weighted by molar-refractivity contribution is 6.32. The van der Waals surface area contributed by atoms with Gasteiger partial charge in [0.25, 0.3) is 0 Å². The molecule has 0 radical (unpaired) electrons. The molecule has 20 heavy (non-hydrogen) atoms. The molecule has 1 aliphatic heterocycles. The number of halogens is 1. The number of rotatable bonds is 4. The topological polar surface area (TPSA) is 30.5 Å². The molecule has 4 heteroatoms. The van der Waals surface area contributed by atoms with E-state index in [4.69, 9.17) is 21.1 Å². The smallest absolute Gasteiger partial charge is 0.179 e. The summed E-state index contributed by atoms with van der Waals surface area (Å²) >= 11 is 6.39. The highest BCUT2D eigenvalue weighted by atomic mass is 35.5. The maximum absolute atomic E-state index is 6.39. The Labute approximate surface area is 126 Å². The monoisotopic (exact) mass is 297 g/mol. The molecule has 0 aromatic heterocycles. The van der Waals surface area contributed by atoms with Gasteiger partial charge in [0, 0.05) is 5.56 Å². The highest BCUT2D eigenvalue weighted by Gasteiger charge is 2.26. The summed E-state index contributed by atoms with van der Waals surface area (Å²) in [5.74, 6) is 2.37. The SMILES string of the molecule is COc1c(Cl)cc(C2CCNCC2)c(C(C)C)c1OC. The van der Waals surface area contributed by atoms with Crippen molar-refractivity contribution in [2.75, 3.05) is 27.3 Å². The van der Waals surface area contributed by atoms with Gasteiger partial charge in [0.05, 0.1) is 19.2 Å². The first kappa shape index (κ1) is 15.5. The van der Waals surface area contributed by atoms with Crippen molar-refractivity contribution in [3.8, 4) is 11.5 Å². The van der Waals surface area contributed by atoms with Crippen LogP contribution in [0, 0.1) is 0 Å². The van der Waals surface area contributed by atoms with Crippen molar-refractivity contribution in [3.63, 3.8) is 0 Å². The predicted octanol–water partition coefficient (Wildman–Crippen LogP) is 3.95. The molecular weight excluding hydrogens is 274 g/mol. The summed E-state index contributed by atoms with van der Waals surface area (Å²) in [4.78, 5) is 0. The van der Waals surface area contributed by atoms with Crippen molar-refractivity contribution in [2.24, 2.45) is 0 Å².